The topological polar surface area (TPSA) is 58.6 Å². The van der Waals surface area contributed by atoms with Gasteiger partial charge in [-0.3, -0.25) is 9.69 Å². The van der Waals surface area contributed by atoms with E-state index in [-0.39, 0.29) is 29.4 Å². The Labute approximate surface area is 138 Å². The summed E-state index contributed by atoms with van der Waals surface area (Å²) in [7, 11) is 0. The predicted octanol–water partition coefficient (Wildman–Crippen LogP) is 3.08. The van der Waals surface area contributed by atoms with E-state index in [9.17, 15) is 9.59 Å². The molecule has 0 saturated carbocycles. The Hall–Kier alpha value is -2.04. The van der Waals surface area contributed by atoms with E-state index in [4.69, 9.17) is 4.74 Å². The van der Waals surface area contributed by atoms with Gasteiger partial charge in [0.1, 0.15) is 6.10 Å². The van der Waals surface area contributed by atoms with E-state index < -0.39 is 0 Å². The van der Waals surface area contributed by atoms with Crippen LogP contribution in [-0.4, -0.2) is 31.2 Å². The zero-order valence-electron chi connectivity index (χ0n) is 14.6. The summed E-state index contributed by atoms with van der Waals surface area (Å²) in [5.41, 5.74) is 2.11. The molecule has 5 nitrogen and oxygen atoms in total. The molecule has 126 valence electrons. The molecule has 1 N–H and O–H groups in total. The molecule has 0 radical (unpaired) electrons. The molecule has 2 amide bonds. The summed E-state index contributed by atoms with van der Waals surface area (Å²) in [5.74, 6) is -0.109. The Balaban J connectivity index is 1.99. The number of hydrogen-bond donors (Lipinski definition) is 1. The lowest BCUT2D eigenvalue weighted by Crippen LogP contribution is -2.36. The van der Waals surface area contributed by atoms with Crippen LogP contribution in [0.25, 0.3) is 0 Å². The Morgan fingerprint density at radius 3 is 2.43 bits per heavy atom. The molecular formula is C18H26N2O3. The predicted molar refractivity (Wildman–Crippen MR) is 90.6 cm³/mol. The van der Waals surface area contributed by atoms with E-state index in [1.54, 1.807) is 4.90 Å². The third-order valence-electron chi connectivity index (χ3n) is 3.95. The van der Waals surface area contributed by atoms with Crippen LogP contribution >= 0.6 is 0 Å². The zero-order valence-corrected chi connectivity index (χ0v) is 14.6. The molecular weight excluding hydrogens is 292 g/mol. The van der Waals surface area contributed by atoms with Gasteiger partial charge in [0.2, 0.25) is 5.91 Å². The van der Waals surface area contributed by atoms with Crippen LogP contribution in [0.4, 0.5) is 10.5 Å². The Morgan fingerprint density at radius 2 is 1.91 bits per heavy atom. The summed E-state index contributed by atoms with van der Waals surface area (Å²) in [6.07, 6.45) is -0.676. The number of nitrogens with one attached hydrogen (secondary N) is 1. The molecule has 1 aliphatic rings. The average molecular weight is 318 g/mol. The van der Waals surface area contributed by atoms with Crippen molar-refractivity contribution in [1.82, 2.24) is 5.32 Å². The van der Waals surface area contributed by atoms with Gasteiger partial charge in [0.25, 0.3) is 0 Å². The van der Waals surface area contributed by atoms with Crippen LogP contribution in [-0.2, 0) is 14.9 Å². The van der Waals surface area contributed by atoms with Gasteiger partial charge in [-0.25, -0.2) is 4.79 Å². The minimum Gasteiger partial charge on any atom is -0.442 e. The van der Waals surface area contributed by atoms with E-state index in [2.05, 4.69) is 26.1 Å². The minimum atomic E-state index is -0.364. The molecule has 0 aliphatic carbocycles. The molecule has 2 rings (SSSR count). The Bertz CT molecular complexity index is 573. The highest BCUT2D eigenvalue weighted by Gasteiger charge is 2.32. The van der Waals surface area contributed by atoms with Gasteiger partial charge >= 0.3 is 6.09 Å². The van der Waals surface area contributed by atoms with Crippen molar-refractivity contribution in [2.45, 2.75) is 46.1 Å². The molecule has 1 unspecified atom stereocenters. The number of amides is 2. The summed E-state index contributed by atoms with van der Waals surface area (Å²) in [5, 5.41) is 2.80. The summed E-state index contributed by atoms with van der Waals surface area (Å²) in [6, 6.07) is 7.96. The van der Waals surface area contributed by atoms with Gasteiger partial charge < -0.3 is 10.1 Å². The monoisotopic (exact) mass is 318 g/mol. The lowest BCUT2D eigenvalue weighted by molar-refractivity contribution is -0.124. The lowest BCUT2D eigenvalue weighted by Gasteiger charge is -2.20. The van der Waals surface area contributed by atoms with E-state index in [1.807, 2.05) is 38.1 Å². The largest absolute Gasteiger partial charge is 0.442 e. The maximum Gasteiger partial charge on any atom is 0.414 e. The Morgan fingerprint density at radius 1 is 1.30 bits per heavy atom. The first-order valence-corrected chi connectivity index (χ1v) is 8.05. The highest BCUT2D eigenvalue weighted by molar-refractivity contribution is 5.89. The van der Waals surface area contributed by atoms with Crippen molar-refractivity contribution in [2.24, 2.45) is 5.92 Å². The number of cyclic esters (lactones) is 1. The van der Waals surface area contributed by atoms with Crippen LogP contribution in [0.1, 0.15) is 40.2 Å². The van der Waals surface area contributed by atoms with E-state index >= 15 is 0 Å². The average Bonchev–Trinajstić information content (AvgIpc) is 2.85. The van der Waals surface area contributed by atoms with Crippen LogP contribution in [0.2, 0.25) is 0 Å². The summed E-state index contributed by atoms with van der Waals surface area (Å²) >= 11 is 0. The van der Waals surface area contributed by atoms with Crippen molar-refractivity contribution in [2.75, 3.05) is 18.0 Å². The van der Waals surface area contributed by atoms with Gasteiger partial charge in [-0.15, -0.1) is 0 Å². The first kappa shape index (κ1) is 17.3. The molecule has 0 spiro atoms. The molecule has 1 aromatic carbocycles. The normalized spacial score (nSPS) is 18.3. The highest BCUT2D eigenvalue weighted by Crippen LogP contribution is 2.27. The van der Waals surface area contributed by atoms with Crippen molar-refractivity contribution >= 4 is 17.7 Å². The fourth-order valence-corrected chi connectivity index (χ4v) is 2.40. The van der Waals surface area contributed by atoms with Crippen LogP contribution in [0, 0.1) is 5.92 Å². The second-order valence-corrected chi connectivity index (χ2v) is 7.31. The minimum absolute atomic E-state index is 0.0333. The quantitative estimate of drug-likeness (QED) is 0.928. The molecule has 23 heavy (non-hydrogen) atoms. The number of anilines is 1. The molecule has 1 heterocycles. The fraction of sp³-hybridized carbons (Fsp3) is 0.556. The maximum absolute atomic E-state index is 12.0. The number of carbonyl (C=O) groups excluding carboxylic acids is 2. The number of carbonyl (C=O) groups is 2. The SMILES string of the molecule is CC(C)C(=O)NCC1CN(c2ccc(C(C)(C)C)cc2)C(=O)O1. The van der Waals surface area contributed by atoms with Crippen molar-refractivity contribution in [1.29, 1.82) is 0 Å². The first-order chi connectivity index (χ1) is 10.7. The fourth-order valence-electron chi connectivity index (χ4n) is 2.40. The van der Waals surface area contributed by atoms with Gasteiger partial charge in [0.15, 0.2) is 0 Å². The van der Waals surface area contributed by atoms with Gasteiger partial charge in [-0.05, 0) is 23.1 Å². The molecule has 0 aromatic heterocycles. The molecule has 1 saturated heterocycles. The van der Waals surface area contributed by atoms with E-state index in [0.717, 1.165) is 5.69 Å². The summed E-state index contributed by atoms with van der Waals surface area (Å²) in [6.45, 7) is 10.9. The third kappa shape index (κ3) is 4.24. The Kier molecular flexibility index (Phi) is 4.97. The highest BCUT2D eigenvalue weighted by atomic mass is 16.6. The van der Waals surface area contributed by atoms with E-state index in [0.29, 0.717) is 13.1 Å². The van der Waals surface area contributed by atoms with Crippen molar-refractivity contribution in [3.05, 3.63) is 29.8 Å². The number of rotatable bonds is 4. The van der Waals surface area contributed by atoms with Crippen molar-refractivity contribution in [3.8, 4) is 0 Å². The third-order valence-corrected chi connectivity index (χ3v) is 3.95. The van der Waals surface area contributed by atoms with Crippen molar-refractivity contribution in [3.63, 3.8) is 0 Å². The smallest absolute Gasteiger partial charge is 0.414 e. The maximum atomic E-state index is 12.0. The summed E-state index contributed by atoms with van der Waals surface area (Å²) < 4.78 is 5.33. The van der Waals surface area contributed by atoms with Crippen molar-refractivity contribution < 1.29 is 14.3 Å². The van der Waals surface area contributed by atoms with Crippen LogP contribution in [0.5, 0.6) is 0 Å². The zero-order chi connectivity index (χ0) is 17.2. The van der Waals surface area contributed by atoms with Gasteiger partial charge in [0, 0.05) is 11.6 Å². The molecule has 1 atom stereocenters. The molecule has 1 aromatic rings. The molecule has 1 fully saturated rings. The van der Waals surface area contributed by atoms with Gasteiger partial charge in [-0.1, -0.05) is 46.8 Å². The number of ether oxygens (including phenoxy) is 1. The molecule has 5 heteroatoms. The van der Waals surface area contributed by atoms with E-state index in [1.165, 1.54) is 5.56 Å². The van der Waals surface area contributed by atoms with Gasteiger partial charge in [-0.2, -0.15) is 0 Å². The first-order valence-electron chi connectivity index (χ1n) is 8.05. The standard InChI is InChI=1S/C18H26N2O3/c1-12(2)16(21)19-10-15-11-20(17(22)23-15)14-8-6-13(7-9-14)18(3,4)5/h6-9,12,15H,10-11H2,1-5H3,(H,19,21). The number of hydrogen-bond acceptors (Lipinski definition) is 3. The molecule has 0 bridgehead atoms. The second-order valence-electron chi connectivity index (χ2n) is 7.31. The van der Waals surface area contributed by atoms with Crippen LogP contribution < -0.4 is 10.2 Å². The number of benzene rings is 1. The molecule has 1 aliphatic heterocycles. The van der Waals surface area contributed by atoms with Crippen LogP contribution in [0.3, 0.4) is 0 Å². The second kappa shape index (κ2) is 6.60. The summed E-state index contributed by atoms with van der Waals surface area (Å²) in [4.78, 5) is 25.2. The van der Waals surface area contributed by atoms with Crippen LogP contribution in [0.15, 0.2) is 24.3 Å². The lowest BCUT2D eigenvalue weighted by atomic mass is 9.87. The number of nitrogens with zero attached hydrogens (tertiary/aromatic N) is 1. The van der Waals surface area contributed by atoms with Gasteiger partial charge in [0.05, 0.1) is 13.1 Å².